The number of anilines is 1. The molecule has 2 heterocycles. The van der Waals surface area contributed by atoms with Gasteiger partial charge in [-0.2, -0.15) is 0 Å². The monoisotopic (exact) mass is 422 g/mol. The van der Waals surface area contributed by atoms with E-state index in [9.17, 15) is 4.79 Å². The molecule has 164 valence electrons. The average Bonchev–Trinajstić information content (AvgIpc) is 2.82. The maximum absolute atomic E-state index is 13.0. The van der Waals surface area contributed by atoms with E-state index in [2.05, 4.69) is 27.3 Å². The zero-order valence-electron chi connectivity index (χ0n) is 18.5. The van der Waals surface area contributed by atoms with Gasteiger partial charge in [0, 0.05) is 32.4 Å². The van der Waals surface area contributed by atoms with Crippen LogP contribution in [-0.2, 0) is 24.2 Å². The van der Waals surface area contributed by atoms with Crippen LogP contribution in [0.4, 0.5) is 5.69 Å². The van der Waals surface area contributed by atoms with Gasteiger partial charge in [0.05, 0.1) is 20.8 Å². The molecule has 2 aromatic carbocycles. The lowest BCUT2D eigenvalue weighted by Gasteiger charge is -2.33. The predicted molar refractivity (Wildman–Crippen MR) is 122 cm³/mol. The van der Waals surface area contributed by atoms with Crippen molar-refractivity contribution in [3.05, 3.63) is 53.1 Å². The highest BCUT2D eigenvalue weighted by Crippen LogP contribution is 2.33. The summed E-state index contributed by atoms with van der Waals surface area (Å²) in [6.07, 6.45) is 2.89. The predicted octanol–water partition coefficient (Wildman–Crippen LogP) is 2.62. The molecule has 7 heteroatoms. The molecule has 0 bridgehead atoms. The minimum absolute atomic E-state index is 0.0668. The number of para-hydroxylation sites is 1. The molecule has 4 rings (SSSR count). The van der Waals surface area contributed by atoms with Crippen molar-refractivity contribution in [3.63, 3.8) is 0 Å². The normalized spacial score (nSPS) is 15.8. The van der Waals surface area contributed by atoms with Crippen LogP contribution in [0.25, 0.3) is 0 Å². The highest BCUT2D eigenvalue weighted by molar-refractivity contribution is 5.98. The first-order valence-corrected chi connectivity index (χ1v) is 10.7. The molecule has 1 N–H and O–H groups in total. The molecule has 0 saturated carbocycles. The van der Waals surface area contributed by atoms with Crippen LogP contribution < -0.4 is 19.7 Å². The number of carbonyl (C=O) groups is 1. The Balaban J connectivity index is 1.42. The molecule has 2 aliphatic heterocycles. The Bertz CT molecular complexity index is 989. The summed E-state index contributed by atoms with van der Waals surface area (Å²) in [7, 11) is 5.06. The lowest BCUT2D eigenvalue weighted by atomic mass is 9.99. The third kappa shape index (κ3) is 4.31. The van der Waals surface area contributed by atoms with Crippen LogP contribution in [0.3, 0.4) is 0 Å². The highest BCUT2D eigenvalue weighted by atomic mass is 16.5. The van der Waals surface area contributed by atoms with E-state index in [-0.39, 0.29) is 12.5 Å². The van der Waals surface area contributed by atoms with Gasteiger partial charge in [-0.15, -0.1) is 0 Å². The lowest BCUT2D eigenvalue weighted by molar-refractivity contribution is -0.117. The van der Waals surface area contributed by atoms with E-state index >= 15 is 0 Å². The number of amides is 1. The average molecular weight is 423 g/mol. The second-order valence-electron chi connectivity index (χ2n) is 7.83. The third-order valence-corrected chi connectivity index (χ3v) is 6.04. The van der Waals surface area contributed by atoms with E-state index in [1.54, 1.807) is 21.3 Å². The number of hydrogen-bond acceptors (Lipinski definition) is 4. The van der Waals surface area contributed by atoms with E-state index in [0.717, 1.165) is 55.5 Å². The minimum Gasteiger partial charge on any atom is -0.493 e. The number of methoxy groups -OCH3 is 2. The smallest absolute Gasteiger partial charge is 0.246 e. The van der Waals surface area contributed by atoms with Gasteiger partial charge >= 0.3 is 0 Å². The molecule has 0 radical (unpaired) electrons. The lowest BCUT2D eigenvalue weighted by Crippen LogP contribution is -2.48. The van der Waals surface area contributed by atoms with Crippen molar-refractivity contribution in [2.75, 3.05) is 45.8 Å². The summed E-state index contributed by atoms with van der Waals surface area (Å²) >= 11 is 0. The van der Waals surface area contributed by atoms with Gasteiger partial charge in [0.1, 0.15) is 0 Å². The van der Waals surface area contributed by atoms with Crippen molar-refractivity contribution in [3.8, 4) is 11.5 Å². The number of aryl methyl sites for hydroxylation is 1. The zero-order valence-corrected chi connectivity index (χ0v) is 18.5. The maximum Gasteiger partial charge on any atom is 0.246 e. The van der Waals surface area contributed by atoms with Gasteiger partial charge in [-0.25, -0.2) is 0 Å². The quantitative estimate of drug-likeness (QED) is 0.606. The number of aliphatic imine (C=N–C) groups is 1. The van der Waals surface area contributed by atoms with Crippen LogP contribution in [0.15, 0.2) is 41.4 Å². The molecule has 0 saturated heterocycles. The zero-order chi connectivity index (χ0) is 21.8. The second-order valence-corrected chi connectivity index (χ2v) is 7.83. The molecule has 7 nitrogen and oxygen atoms in total. The molecular formula is C24H30N4O3. The van der Waals surface area contributed by atoms with Crippen LogP contribution in [0.1, 0.15) is 23.1 Å². The van der Waals surface area contributed by atoms with E-state index in [0.29, 0.717) is 6.54 Å². The summed E-state index contributed by atoms with van der Waals surface area (Å²) < 4.78 is 10.9. The first kappa shape index (κ1) is 21.0. The molecule has 1 amide bonds. The van der Waals surface area contributed by atoms with Crippen molar-refractivity contribution >= 4 is 17.6 Å². The van der Waals surface area contributed by atoms with Crippen LogP contribution in [0, 0.1) is 0 Å². The summed E-state index contributed by atoms with van der Waals surface area (Å²) in [5.41, 5.74) is 4.71. The fourth-order valence-electron chi connectivity index (χ4n) is 4.44. The Morgan fingerprint density at radius 2 is 1.77 bits per heavy atom. The Hall–Kier alpha value is -3.22. The third-order valence-electron chi connectivity index (χ3n) is 6.04. The maximum atomic E-state index is 13.0. The summed E-state index contributed by atoms with van der Waals surface area (Å²) in [4.78, 5) is 21.5. The van der Waals surface area contributed by atoms with Crippen LogP contribution >= 0.6 is 0 Å². The number of fused-ring (bicyclic) bond motifs is 2. The first-order chi connectivity index (χ1) is 15.1. The molecule has 31 heavy (non-hydrogen) atoms. The van der Waals surface area contributed by atoms with Crippen LogP contribution in [0.2, 0.25) is 0 Å². The van der Waals surface area contributed by atoms with Gasteiger partial charge in [0.25, 0.3) is 0 Å². The first-order valence-electron chi connectivity index (χ1n) is 10.7. The standard InChI is InChI=1S/C24H30N4O3/c1-25-24(26-15-23(29)28-11-6-8-17-7-4-5-9-20(17)28)27-12-10-18-13-21(30-2)22(31-3)14-19(18)16-27/h4-5,7,9,13-14H,6,8,10-12,15-16H2,1-3H3,(H,25,26). The number of rotatable bonds is 4. The Labute approximate surface area is 183 Å². The van der Waals surface area contributed by atoms with Gasteiger partial charge in [0.2, 0.25) is 5.91 Å². The fraction of sp³-hybridized carbons (Fsp3) is 0.417. The van der Waals surface area contributed by atoms with E-state index < -0.39 is 0 Å². The molecular weight excluding hydrogens is 392 g/mol. The molecule has 0 fully saturated rings. The Morgan fingerprint density at radius 1 is 1.03 bits per heavy atom. The van der Waals surface area contributed by atoms with Crippen molar-refractivity contribution in [1.29, 1.82) is 0 Å². The molecule has 0 aromatic heterocycles. The Morgan fingerprint density at radius 3 is 2.52 bits per heavy atom. The highest BCUT2D eigenvalue weighted by Gasteiger charge is 2.25. The van der Waals surface area contributed by atoms with E-state index in [4.69, 9.17) is 9.47 Å². The molecule has 0 spiro atoms. The molecule has 0 atom stereocenters. The summed E-state index contributed by atoms with van der Waals surface area (Å²) in [5, 5.41) is 3.28. The van der Waals surface area contributed by atoms with Gasteiger partial charge in [0.15, 0.2) is 17.5 Å². The minimum atomic E-state index is 0.0668. The van der Waals surface area contributed by atoms with Crippen molar-refractivity contribution in [1.82, 2.24) is 10.2 Å². The summed E-state index contributed by atoms with van der Waals surface area (Å²) in [5.74, 6) is 2.28. The molecule has 2 aliphatic rings. The summed E-state index contributed by atoms with van der Waals surface area (Å²) in [6, 6.07) is 12.2. The fourth-order valence-corrected chi connectivity index (χ4v) is 4.44. The van der Waals surface area contributed by atoms with Gasteiger partial charge < -0.3 is 24.6 Å². The van der Waals surface area contributed by atoms with Crippen molar-refractivity contribution in [2.24, 2.45) is 4.99 Å². The molecule has 0 aliphatic carbocycles. The number of nitrogens with one attached hydrogen (secondary N) is 1. The number of hydrogen-bond donors (Lipinski definition) is 1. The van der Waals surface area contributed by atoms with E-state index in [1.165, 1.54) is 16.7 Å². The number of carbonyl (C=O) groups excluding carboxylic acids is 1. The number of ether oxygens (including phenoxy) is 2. The summed E-state index contributed by atoms with van der Waals surface area (Å²) in [6.45, 7) is 2.50. The van der Waals surface area contributed by atoms with E-state index in [1.807, 2.05) is 29.2 Å². The van der Waals surface area contributed by atoms with Gasteiger partial charge in [-0.1, -0.05) is 18.2 Å². The topological polar surface area (TPSA) is 66.4 Å². The van der Waals surface area contributed by atoms with Crippen molar-refractivity contribution < 1.29 is 14.3 Å². The number of nitrogens with zero attached hydrogens (tertiary/aromatic N) is 3. The number of guanidine groups is 1. The van der Waals surface area contributed by atoms with Gasteiger partial charge in [-0.3, -0.25) is 9.79 Å². The Kier molecular flexibility index (Phi) is 6.30. The van der Waals surface area contributed by atoms with Crippen LogP contribution in [0.5, 0.6) is 11.5 Å². The molecule has 0 unspecified atom stereocenters. The molecule has 2 aromatic rings. The van der Waals surface area contributed by atoms with Crippen molar-refractivity contribution in [2.45, 2.75) is 25.8 Å². The second kappa shape index (κ2) is 9.29. The van der Waals surface area contributed by atoms with Gasteiger partial charge in [-0.05, 0) is 54.2 Å². The SMILES string of the molecule is CN=C(NCC(=O)N1CCCc2ccccc21)N1CCc2cc(OC)c(OC)cc2C1. The van der Waals surface area contributed by atoms with Crippen LogP contribution in [-0.4, -0.2) is 57.7 Å². The number of benzene rings is 2. The largest absolute Gasteiger partial charge is 0.493 e.